The monoisotopic (exact) mass is 259 g/mol. The number of allylic oxidation sites excluding steroid dienone is 3. The molecule has 0 aromatic heterocycles. The lowest BCUT2D eigenvalue weighted by atomic mass is 10.0. The Morgan fingerprint density at radius 2 is 1.94 bits per heavy atom. The van der Waals surface area contributed by atoms with Crippen molar-refractivity contribution in [3.63, 3.8) is 0 Å². The molecule has 0 aromatic carbocycles. The molecule has 100 valence electrons. The van der Waals surface area contributed by atoms with E-state index in [-0.39, 0.29) is 11.5 Å². The molecule has 0 heterocycles. The highest BCUT2D eigenvalue weighted by Crippen LogP contribution is 2.10. The number of rotatable bonds is 7. The lowest BCUT2D eigenvalue weighted by molar-refractivity contribution is 0.496. The maximum atomic E-state index is 11.9. The SMILES string of the molecule is C/C=C\C(=C/CC)CS(=O)(=O)CCC(C)(C)N. The Bertz CT molecular complexity index is 373. The van der Waals surface area contributed by atoms with Gasteiger partial charge in [0.2, 0.25) is 0 Å². The molecule has 2 N–H and O–H groups in total. The third-order valence-electron chi connectivity index (χ3n) is 2.29. The van der Waals surface area contributed by atoms with Crippen LogP contribution in [0.5, 0.6) is 0 Å². The minimum absolute atomic E-state index is 0.112. The normalized spacial score (nSPS) is 14.5. The van der Waals surface area contributed by atoms with Gasteiger partial charge in [0.05, 0.1) is 11.5 Å². The van der Waals surface area contributed by atoms with Crippen molar-refractivity contribution in [2.45, 2.75) is 46.1 Å². The third-order valence-corrected chi connectivity index (χ3v) is 3.89. The second kappa shape index (κ2) is 6.97. The first kappa shape index (κ1) is 16.4. The lowest BCUT2D eigenvalue weighted by Crippen LogP contribution is -2.34. The minimum Gasteiger partial charge on any atom is -0.326 e. The highest BCUT2D eigenvalue weighted by Gasteiger charge is 2.18. The van der Waals surface area contributed by atoms with Crippen molar-refractivity contribution in [1.29, 1.82) is 0 Å². The van der Waals surface area contributed by atoms with Crippen LogP contribution in [-0.4, -0.2) is 25.5 Å². The molecule has 0 aliphatic carbocycles. The van der Waals surface area contributed by atoms with Gasteiger partial charge in [0, 0.05) is 5.54 Å². The molecule has 3 nitrogen and oxygen atoms in total. The average molecular weight is 259 g/mol. The summed E-state index contributed by atoms with van der Waals surface area (Å²) in [5, 5.41) is 0. The summed E-state index contributed by atoms with van der Waals surface area (Å²) < 4.78 is 23.8. The highest BCUT2D eigenvalue weighted by molar-refractivity contribution is 7.91. The van der Waals surface area contributed by atoms with Crippen molar-refractivity contribution in [1.82, 2.24) is 0 Å². The summed E-state index contributed by atoms with van der Waals surface area (Å²) in [6.45, 7) is 7.58. The fourth-order valence-electron chi connectivity index (χ4n) is 1.40. The zero-order chi connectivity index (χ0) is 13.5. The Kier molecular flexibility index (Phi) is 6.72. The van der Waals surface area contributed by atoms with Crippen LogP contribution in [0.15, 0.2) is 23.8 Å². The van der Waals surface area contributed by atoms with E-state index in [9.17, 15) is 8.42 Å². The zero-order valence-corrected chi connectivity index (χ0v) is 12.2. The molecule has 0 rings (SSSR count). The first-order chi connectivity index (χ1) is 7.70. The van der Waals surface area contributed by atoms with Crippen LogP contribution in [-0.2, 0) is 9.84 Å². The minimum atomic E-state index is -3.06. The molecule has 0 unspecified atom stereocenters. The third kappa shape index (κ3) is 9.12. The number of nitrogens with two attached hydrogens (primary N) is 1. The first-order valence-electron chi connectivity index (χ1n) is 6.01. The highest BCUT2D eigenvalue weighted by atomic mass is 32.2. The van der Waals surface area contributed by atoms with Crippen molar-refractivity contribution in [2.75, 3.05) is 11.5 Å². The van der Waals surface area contributed by atoms with Gasteiger partial charge >= 0.3 is 0 Å². The van der Waals surface area contributed by atoms with E-state index >= 15 is 0 Å². The smallest absolute Gasteiger partial charge is 0.154 e. The van der Waals surface area contributed by atoms with Crippen LogP contribution in [0, 0.1) is 0 Å². The van der Waals surface area contributed by atoms with E-state index in [2.05, 4.69) is 0 Å². The molecule has 0 saturated heterocycles. The van der Waals surface area contributed by atoms with E-state index in [4.69, 9.17) is 5.73 Å². The van der Waals surface area contributed by atoms with Gasteiger partial charge in [-0.25, -0.2) is 8.42 Å². The molecular weight excluding hydrogens is 234 g/mol. The summed E-state index contributed by atoms with van der Waals surface area (Å²) in [6, 6.07) is 0. The second-order valence-corrected chi connectivity index (χ2v) is 7.20. The van der Waals surface area contributed by atoms with Crippen molar-refractivity contribution >= 4 is 9.84 Å². The van der Waals surface area contributed by atoms with Crippen LogP contribution in [0.3, 0.4) is 0 Å². The molecule has 0 bridgehead atoms. The molecule has 17 heavy (non-hydrogen) atoms. The average Bonchev–Trinajstić information content (AvgIpc) is 2.14. The predicted octanol–water partition coefficient (Wildman–Crippen LogP) is 2.44. The Labute approximate surface area is 106 Å². The van der Waals surface area contributed by atoms with Gasteiger partial charge in [0.15, 0.2) is 9.84 Å². The van der Waals surface area contributed by atoms with E-state index in [1.165, 1.54) is 0 Å². The molecule has 0 saturated carbocycles. The Morgan fingerprint density at radius 1 is 1.35 bits per heavy atom. The molecule has 0 aliphatic rings. The number of hydrogen-bond acceptors (Lipinski definition) is 3. The van der Waals surface area contributed by atoms with Crippen LogP contribution in [0.4, 0.5) is 0 Å². The van der Waals surface area contributed by atoms with Crippen molar-refractivity contribution < 1.29 is 8.42 Å². The van der Waals surface area contributed by atoms with Gasteiger partial charge in [-0.3, -0.25) is 0 Å². The van der Waals surface area contributed by atoms with E-state index in [1.807, 2.05) is 45.9 Å². The molecule has 0 aromatic rings. The maximum Gasteiger partial charge on any atom is 0.154 e. The molecule has 0 spiro atoms. The van der Waals surface area contributed by atoms with E-state index in [0.29, 0.717) is 6.42 Å². The zero-order valence-electron chi connectivity index (χ0n) is 11.4. The molecule has 0 radical (unpaired) electrons. The Balaban J connectivity index is 4.58. The summed E-state index contributed by atoms with van der Waals surface area (Å²) in [4.78, 5) is 0. The van der Waals surface area contributed by atoms with Gasteiger partial charge < -0.3 is 5.73 Å². The van der Waals surface area contributed by atoms with Gasteiger partial charge in [0.1, 0.15) is 0 Å². The van der Waals surface area contributed by atoms with Gasteiger partial charge in [-0.05, 0) is 39.2 Å². The standard InChI is InChI=1S/C13H25NO2S/c1-5-7-12(8-6-2)11-17(15,16)10-9-13(3,4)14/h5,7-8H,6,9-11,14H2,1-4H3/b7-5-,12-8+. The number of hydrogen-bond donors (Lipinski definition) is 1. The molecule has 0 fully saturated rings. The quantitative estimate of drug-likeness (QED) is 0.714. The molecule has 0 aliphatic heterocycles. The number of sulfone groups is 1. The maximum absolute atomic E-state index is 11.9. The van der Waals surface area contributed by atoms with Crippen LogP contribution >= 0.6 is 0 Å². The lowest BCUT2D eigenvalue weighted by Gasteiger charge is -2.18. The topological polar surface area (TPSA) is 60.2 Å². The van der Waals surface area contributed by atoms with Crippen LogP contribution in [0.1, 0.15) is 40.5 Å². The molecule has 0 amide bonds. The van der Waals surface area contributed by atoms with E-state index < -0.39 is 15.4 Å². The summed E-state index contributed by atoms with van der Waals surface area (Å²) in [5.41, 5.74) is 6.24. The van der Waals surface area contributed by atoms with Crippen molar-refractivity contribution in [3.8, 4) is 0 Å². The van der Waals surface area contributed by atoms with Gasteiger partial charge in [-0.1, -0.05) is 25.2 Å². The molecule has 0 atom stereocenters. The largest absolute Gasteiger partial charge is 0.326 e. The summed E-state index contributed by atoms with van der Waals surface area (Å²) in [5.74, 6) is 0.260. The van der Waals surface area contributed by atoms with Gasteiger partial charge in [0.25, 0.3) is 0 Å². The van der Waals surface area contributed by atoms with E-state index in [0.717, 1.165) is 12.0 Å². The van der Waals surface area contributed by atoms with Crippen LogP contribution in [0.2, 0.25) is 0 Å². The Morgan fingerprint density at radius 3 is 2.35 bits per heavy atom. The van der Waals surface area contributed by atoms with Crippen molar-refractivity contribution in [3.05, 3.63) is 23.8 Å². The predicted molar refractivity (Wildman–Crippen MR) is 74.7 cm³/mol. The van der Waals surface area contributed by atoms with E-state index in [1.54, 1.807) is 0 Å². The fraction of sp³-hybridized carbons (Fsp3) is 0.692. The van der Waals surface area contributed by atoms with Crippen LogP contribution in [0.25, 0.3) is 0 Å². The summed E-state index contributed by atoms with van der Waals surface area (Å²) in [6.07, 6.45) is 7.01. The Hall–Kier alpha value is -0.610. The van der Waals surface area contributed by atoms with Gasteiger partial charge in [-0.2, -0.15) is 0 Å². The summed E-state index contributed by atoms with van der Waals surface area (Å²) >= 11 is 0. The fourth-order valence-corrected chi connectivity index (χ4v) is 3.10. The molecular formula is C13H25NO2S. The second-order valence-electron chi connectivity index (χ2n) is 5.02. The summed E-state index contributed by atoms with van der Waals surface area (Å²) in [7, 11) is -3.06. The van der Waals surface area contributed by atoms with Crippen molar-refractivity contribution in [2.24, 2.45) is 5.73 Å². The van der Waals surface area contributed by atoms with Gasteiger partial charge in [-0.15, -0.1) is 0 Å². The molecule has 4 heteroatoms. The first-order valence-corrected chi connectivity index (χ1v) is 7.83. The van der Waals surface area contributed by atoms with Crippen LogP contribution < -0.4 is 5.73 Å².